The van der Waals surface area contributed by atoms with Crippen LogP contribution >= 0.6 is 0 Å². The van der Waals surface area contributed by atoms with Crippen molar-refractivity contribution >= 4 is 5.97 Å². The number of hydrogen-bond donors (Lipinski definition) is 3. The highest BCUT2D eigenvalue weighted by Crippen LogP contribution is 2.33. The molecule has 0 unspecified atom stereocenters. The Morgan fingerprint density at radius 3 is 2.45 bits per heavy atom. The number of carboxylic acids is 1. The van der Waals surface area contributed by atoms with Crippen molar-refractivity contribution in [1.82, 2.24) is 0 Å². The van der Waals surface area contributed by atoms with Crippen molar-refractivity contribution in [3.05, 3.63) is 42.4 Å². The topological polar surface area (TPSA) is 112 Å². The highest BCUT2D eigenvalue weighted by atomic mass is 16.5. The summed E-state index contributed by atoms with van der Waals surface area (Å²) in [6.45, 7) is 3.84. The number of hydrogen-bond acceptors (Lipinski definition) is 5. The molecule has 1 aromatic heterocycles. The summed E-state index contributed by atoms with van der Waals surface area (Å²) in [5, 5.41) is 9.05. The van der Waals surface area contributed by atoms with Crippen LogP contribution in [0.2, 0.25) is 0 Å². The Morgan fingerprint density at radius 1 is 1.20 bits per heavy atom. The Hall–Kier alpha value is -2.31. The molecule has 0 aliphatic heterocycles. The van der Waals surface area contributed by atoms with E-state index in [9.17, 15) is 4.79 Å². The first kappa shape index (κ1) is 15.7. The lowest BCUT2D eigenvalue weighted by Gasteiger charge is -2.13. The summed E-state index contributed by atoms with van der Waals surface area (Å²) in [7, 11) is 0. The summed E-state index contributed by atoms with van der Waals surface area (Å²) in [6, 6.07) is 8.94. The molecular formula is C14H18N2O4. The molecule has 0 bridgehead atoms. The van der Waals surface area contributed by atoms with Crippen LogP contribution in [0.25, 0.3) is 11.1 Å². The number of hydrazine groups is 1. The average molecular weight is 278 g/mol. The SMILES string of the molecule is CC(C)Oc1ccccc1-c1ccoc1C(=O)O.NN. The number of rotatable bonds is 4. The van der Waals surface area contributed by atoms with Crippen molar-refractivity contribution in [3.8, 4) is 16.9 Å². The van der Waals surface area contributed by atoms with Gasteiger partial charge in [0.25, 0.3) is 0 Å². The highest BCUT2D eigenvalue weighted by molar-refractivity contribution is 5.94. The summed E-state index contributed by atoms with van der Waals surface area (Å²) >= 11 is 0. The second-order valence-corrected chi connectivity index (χ2v) is 4.13. The van der Waals surface area contributed by atoms with E-state index in [1.54, 1.807) is 6.07 Å². The number of carboxylic acid groups (broad SMARTS) is 1. The molecule has 1 heterocycles. The maximum atomic E-state index is 11.1. The Balaban J connectivity index is 0.000000956. The summed E-state index contributed by atoms with van der Waals surface area (Å²) < 4.78 is 10.7. The van der Waals surface area contributed by atoms with Crippen molar-refractivity contribution < 1.29 is 19.1 Å². The van der Waals surface area contributed by atoms with Crippen LogP contribution in [0.1, 0.15) is 24.4 Å². The van der Waals surface area contributed by atoms with Gasteiger partial charge in [0.05, 0.1) is 12.4 Å². The molecule has 0 fully saturated rings. The molecule has 0 aliphatic carbocycles. The van der Waals surface area contributed by atoms with Gasteiger partial charge in [-0.1, -0.05) is 18.2 Å². The molecule has 0 aliphatic rings. The largest absolute Gasteiger partial charge is 0.490 e. The Bertz CT molecular complexity index is 564. The molecule has 1 aromatic carbocycles. The monoisotopic (exact) mass is 278 g/mol. The molecule has 0 amide bonds. The first-order valence-electron chi connectivity index (χ1n) is 5.99. The van der Waals surface area contributed by atoms with Gasteiger partial charge in [0.1, 0.15) is 5.75 Å². The average Bonchev–Trinajstić information content (AvgIpc) is 2.90. The van der Waals surface area contributed by atoms with Crippen LogP contribution in [0.15, 0.2) is 41.0 Å². The van der Waals surface area contributed by atoms with Crippen LogP contribution in [0.3, 0.4) is 0 Å². The maximum absolute atomic E-state index is 11.1. The number of aromatic carboxylic acids is 1. The van der Waals surface area contributed by atoms with E-state index in [-0.39, 0.29) is 11.9 Å². The van der Waals surface area contributed by atoms with E-state index < -0.39 is 5.97 Å². The summed E-state index contributed by atoms with van der Waals surface area (Å²) in [4.78, 5) is 11.1. The van der Waals surface area contributed by atoms with Gasteiger partial charge in [-0.05, 0) is 26.0 Å². The molecule has 5 N–H and O–H groups in total. The summed E-state index contributed by atoms with van der Waals surface area (Å²) in [6.07, 6.45) is 1.39. The van der Waals surface area contributed by atoms with Crippen LogP contribution in [-0.2, 0) is 0 Å². The number of benzene rings is 1. The third-order valence-corrected chi connectivity index (χ3v) is 2.40. The molecule has 0 atom stereocenters. The highest BCUT2D eigenvalue weighted by Gasteiger charge is 2.18. The smallest absolute Gasteiger partial charge is 0.372 e. The molecular weight excluding hydrogens is 260 g/mol. The van der Waals surface area contributed by atoms with Gasteiger partial charge in [0.2, 0.25) is 5.76 Å². The number of carbonyl (C=O) groups is 1. The van der Waals surface area contributed by atoms with E-state index in [2.05, 4.69) is 11.7 Å². The van der Waals surface area contributed by atoms with Gasteiger partial charge < -0.3 is 14.3 Å². The summed E-state index contributed by atoms with van der Waals surface area (Å²) in [5.74, 6) is 7.49. The molecule has 6 nitrogen and oxygen atoms in total. The predicted molar refractivity (Wildman–Crippen MR) is 75.2 cm³/mol. The van der Waals surface area contributed by atoms with E-state index in [0.29, 0.717) is 11.3 Å². The van der Waals surface area contributed by atoms with Crippen molar-refractivity contribution in [2.24, 2.45) is 11.7 Å². The van der Waals surface area contributed by atoms with E-state index in [0.717, 1.165) is 5.56 Å². The number of ether oxygens (including phenoxy) is 1. The van der Waals surface area contributed by atoms with Crippen LogP contribution < -0.4 is 16.4 Å². The zero-order valence-corrected chi connectivity index (χ0v) is 11.4. The third kappa shape index (κ3) is 3.59. The lowest BCUT2D eigenvalue weighted by atomic mass is 10.1. The maximum Gasteiger partial charge on any atom is 0.372 e. The standard InChI is InChI=1S/C14H14O4.H4N2/c1-9(2)18-12-6-4-3-5-10(12)11-7-8-17-13(11)14(15)16;1-2/h3-9H,1-2H3,(H,15,16);1-2H2. The lowest BCUT2D eigenvalue weighted by molar-refractivity contribution is 0.0663. The Morgan fingerprint density at radius 2 is 1.85 bits per heavy atom. The second-order valence-electron chi connectivity index (χ2n) is 4.13. The fourth-order valence-corrected chi connectivity index (χ4v) is 1.73. The molecule has 0 spiro atoms. The zero-order valence-electron chi connectivity index (χ0n) is 11.4. The molecule has 6 heteroatoms. The Labute approximate surface area is 116 Å². The normalized spacial score (nSPS) is 9.85. The zero-order chi connectivity index (χ0) is 15.1. The molecule has 0 saturated heterocycles. The van der Waals surface area contributed by atoms with Gasteiger partial charge in [-0.2, -0.15) is 0 Å². The fraction of sp³-hybridized carbons (Fsp3) is 0.214. The number of furan rings is 1. The van der Waals surface area contributed by atoms with Crippen LogP contribution in [0.4, 0.5) is 0 Å². The number of para-hydroxylation sites is 1. The molecule has 0 saturated carbocycles. The van der Waals surface area contributed by atoms with Gasteiger partial charge in [-0.25, -0.2) is 4.79 Å². The van der Waals surface area contributed by atoms with Crippen molar-refractivity contribution in [1.29, 1.82) is 0 Å². The predicted octanol–water partition coefficient (Wildman–Crippen LogP) is 2.25. The minimum atomic E-state index is -1.09. The van der Waals surface area contributed by atoms with E-state index in [4.69, 9.17) is 14.3 Å². The van der Waals surface area contributed by atoms with Gasteiger partial charge in [-0.15, -0.1) is 0 Å². The van der Waals surface area contributed by atoms with Crippen molar-refractivity contribution in [2.75, 3.05) is 0 Å². The molecule has 20 heavy (non-hydrogen) atoms. The first-order valence-corrected chi connectivity index (χ1v) is 5.99. The van der Waals surface area contributed by atoms with Gasteiger partial charge in [0.15, 0.2) is 0 Å². The van der Waals surface area contributed by atoms with E-state index in [1.807, 2.05) is 38.1 Å². The van der Waals surface area contributed by atoms with Gasteiger partial charge >= 0.3 is 5.97 Å². The van der Waals surface area contributed by atoms with Crippen molar-refractivity contribution in [2.45, 2.75) is 20.0 Å². The van der Waals surface area contributed by atoms with Gasteiger partial charge in [-0.3, -0.25) is 11.7 Å². The van der Waals surface area contributed by atoms with Crippen LogP contribution in [0.5, 0.6) is 5.75 Å². The Kier molecular flexibility index (Phi) is 5.76. The molecule has 108 valence electrons. The van der Waals surface area contributed by atoms with Crippen LogP contribution in [-0.4, -0.2) is 17.2 Å². The molecule has 0 radical (unpaired) electrons. The molecule has 2 rings (SSSR count). The van der Waals surface area contributed by atoms with E-state index >= 15 is 0 Å². The lowest BCUT2D eigenvalue weighted by Crippen LogP contribution is -2.06. The quantitative estimate of drug-likeness (QED) is 0.584. The minimum Gasteiger partial charge on any atom is -0.490 e. The van der Waals surface area contributed by atoms with Crippen molar-refractivity contribution in [3.63, 3.8) is 0 Å². The second kappa shape index (κ2) is 7.32. The summed E-state index contributed by atoms with van der Waals surface area (Å²) in [5.41, 5.74) is 1.25. The fourth-order valence-electron chi connectivity index (χ4n) is 1.73. The number of nitrogens with two attached hydrogens (primary N) is 2. The third-order valence-electron chi connectivity index (χ3n) is 2.40. The van der Waals surface area contributed by atoms with Crippen LogP contribution in [0, 0.1) is 0 Å². The minimum absolute atomic E-state index is 0.0197. The first-order chi connectivity index (χ1) is 9.59. The van der Waals surface area contributed by atoms with Gasteiger partial charge in [0, 0.05) is 11.1 Å². The van der Waals surface area contributed by atoms with E-state index in [1.165, 1.54) is 6.26 Å². The molecule has 2 aromatic rings.